The predicted octanol–water partition coefficient (Wildman–Crippen LogP) is 4.83. The topological polar surface area (TPSA) is 46.2 Å². The molecule has 1 unspecified atom stereocenters. The molecule has 0 rings (SSSR count). The summed E-state index contributed by atoms with van der Waals surface area (Å²) in [7, 11) is 0. The Bertz CT molecular complexity index is 180. The molecule has 0 aromatic heterocycles. The van der Waals surface area contributed by atoms with Gasteiger partial charge in [-0.15, -0.1) is 17.0 Å². The van der Waals surface area contributed by atoms with Gasteiger partial charge in [0.15, 0.2) is 0 Å². The second-order valence-corrected chi connectivity index (χ2v) is 6.29. The fourth-order valence-corrected chi connectivity index (χ4v) is 2.57. The minimum Gasteiger partial charge on any atom is -0.396 e. The van der Waals surface area contributed by atoms with Crippen molar-refractivity contribution in [2.45, 2.75) is 90.5 Å². The summed E-state index contributed by atoms with van der Waals surface area (Å²) in [5.41, 5.74) is 6.00. The standard InChI is InChI=1S/C16H35NO.BrH/c1-4-5-6-7-8-9-10-11-12-15(13-14-18)16(2,3)17;/h15,18H,4-14,17H2,1-3H3;1H. The van der Waals surface area contributed by atoms with E-state index in [1.807, 2.05) is 0 Å². The highest BCUT2D eigenvalue weighted by Gasteiger charge is 2.23. The van der Waals surface area contributed by atoms with E-state index in [1.165, 1.54) is 57.8 Å². The van der Waals surface area contributed by atoms with Crippen LogP contribution in [0.25, 0.3) is 0 Å². The quantitative estimate of drug-likeness (QED) is 0.501. The molecule has 0 spiro atoms. The van der Waals surface area contributed by atoms with Gasteiger partial charge in [-0.2, -0.15) is 0 Å². The Kier molecular flexibility index (Phi) is 15.3. The van der Waals surface area contributed by atoms with Crippen LogP contribution in [0.4, 0.5) is 0 Å². The summed E-state index contributed by atoms with van der Waals surface area (Å²) in [6.07, 6.45) is 12.9. The maximum absolute atomic E-state index is 9.07. The van der Waals surface area contributed by atoms with Gasteiger partial charge in [-0.05, 0) is 32.6 Å². The second-order valence-electron chi connectivity index (χ2n) is 6.29. The smallest absolute Gasteiger partial charge is 0.0434 e. The van der Waals surface area contributed by atoms with Gasteiger partial charge in [-0.25, -0.2) is 0 Å². The molecule has 0 aliphatic carbocycles. The predicted molar refractivity (Wildman–Crippen MR) is 91.0 cm³/mol. The van der Waals surface area contributed by atoms with Crippen molar-refractivity contribution in [2.24, 2.45) is 11.7 Å². The molecule has 3 heteroatoms. The Morgan fingerprint density at radius 3 is 1.79 bits per heavy atom. The molecule has 0 radical (unpaired) electrons. The summed E-state index contributed by atoms with van der Waals surface area (Å²) in [4.78, 5) is 0. The zero-order valence-corrected chi connectivity index (χ0v) is 15.0. The molecule has 0 saturated carbocycles. The van der Waals surface area contributed by atoms with Gasteiger partial charge in [-0.3, -0.25) is 0 Å². The van der Waals surface area contributed by atoms with Gasteiger partial charge in [0, 0.05) is 12.1 Å². The van der Waals surface area contributed by atoms with Gasteiger partial charge in [0.25, 0.3) is 0 Å². The van der Waals surface area contributed by atoms with E-state index in [0.29, 0.717) is 5.92 Å². The fraction of sp³-hybridized carbons (Fsp3) is 1.00. The third kappa shape index (κ3) is 13.1. The molecule has 0 saturated heterocycles. The molecule has 0 amide bonds. The van der Waals surface area contributed by atoms with Crippen LogP contribution in [0, 0.1) is 5.92 Å². The number of unbranched alkanes of at least 4 members (excludes halogenated alkanes) is 7. The lowest BCUT2D eigenvalue weighted by molar-refractivity contribution is 0.201. The molecule has 118 valence electrons. The zero-order chi connectivity index (χ0) is 13.9. The second kappa shape index (κ2) is 13.4. The molecule has 0 aliphatic rings. The summed E-state index contributed by atoms with van der Waals surface area (Å²) in [5.74, 6) is 0.461. The van der Waals surface area contributed by atoms with Gasteiger partial charge < -0.3 is 10.8 Å². The highest BCUT2D eigenvalue weighted by molar-refractivity contribution is 8.93. The summed E-state index contributed by atoms with van der Waals surface area (Å²) in [6.45, 7) is 6.69. The van der Waals surface area contributed by atoms with E-state index in [0.717, 1.165) is 6.42 Å². The first kappa shape index (κ1) is 21.7. The molecular formula is C16H36BrNO. The zero-order valence-electron chi connectivity index (χ0n) is 13.3. The van der Waals surface area contributed by atoms with Crippen molar-refractivity contribution in [1.29, 1.82) is 0 Å². The number of rotatable bonds is 12. The third-order valence-corrected chi connectivity index (χ3v) is 3.94. The maximum Gasteiger partial charge on any atom is 0.0434 e. The van der Waals surface area contributed by atoms with Gasteiger partial charge in [0.2, 0.25) is 0 Å². The molecule has 2 nitrogen and oxygen atoms in total. The Morgan fingerprint density at radius 2 is 1.37 bits per heavy atom. The van der Waals surface area contributed by atoms with Crippen molar-refractivity contribution in [3.05, 3.63) is 0 Å². The van der Waals surface area contributed by atoms with Crippen molar-refractivity contribution >= 4 is 17.0 Å². The van der Waals surface area contributed by atoms with E-state index in [4.69, 9.17) is 10.8 Å². The van der Waals surface area contributed by atoms with E-state index in [2.05, 4.69) is 20.8 Å². The van der Waals surface area contributed by atoms with Crippen LogP contribution in [0.2, 0.25) is 0 Å². The Balaban J connectivity index is 0. The molecule has 0 bridgehead atoms. The summed E-state index contributed by atoms with van der Waals surface area (Å²) in [5, 5.41) is 9.07. The number of nitrogens with two attached hydrogens (primary N) is 1. The van der Waals surface area contributed by atoms with E-state index >= 15 is 0 Å². The minimum atomic E-state index is -0.149. The van der Waals surface area contributed by atoms with Gasteiger partial charge in [-0.1, -0.05) is 58.3 Å². The minimum absolute atomic E-state index is 0. The van der Waals surface area contributed by atoms with E-state index in [1.54, 1.807) is 0 Å². The van der Waals surface area contributed by atoms with Crippen molar-refractivity contribution in [3.63, 3.8) is 0 Å². The first-order chi connectivity index (χ1) is 8.52. The first-order valence-corrected chi connectivity index (χ1v) is 7.92. The Labute approximate surface area is 131 Å². The first-order valence-electron chi connectivity index (χ1n) is 7.92. The van der Waals surface area contributed by atoms with Crippen LogP contribution in [0.15, 0.2) is 0 Å². The fourth-order valence-electron chi connectivity index (χ4n) is 2.57. The molecular weight excluding hydrogens is 302 g/mol. The summed E-state index contributed by atoms with van der Waals surface area (Å²) >= 11 is 0. The SMILES string of the molecule is Br.CCCCCCCCCCC(CCO)C(C)(C)N. The number of hydrogen-bond acceptors (Lipinski definition) is 2. The van der Waals surface area contributed by atoms with Crippen molar-refractivity contribution in [2.75, 3.05) is 6.61 Å². The number of hydrogen-bond donors (Lipinski definition) is 2. The molecule has 1 atom stereocenters. The van der Waals surface area contributed by atoms with Crippen LogP contribution in [0.1, 0.15) is 85.0 Å². The van der Waals surface area contributed by atoms with Crippen molar-refractivity contribution < 1.29 is 5.11 Å². The third-order valence-electron chi connectivity index (χ3n) is 3.94. The largest absolute Gasteiger partial charge is 0.396 e. The van der Waals surface area contributed by atoms with Crippen molar-refractivity contribution in [1.82, 2.24) is 0 Å². The highest BCUT2D eigenvalue weighted by atomic mass is 79.9. The highest BCUT2D eigenvalue weighted by Crippen LogP contribution is 2.24. The van der Waals surface area contributed by atoms with Gasteiger partial charge in [0.05, 0.1) is 0 Å². The lowest BCUT2D eigenvalue weighted by atomic mass is 9.82. The molecule has 19 heavy (non-hydrogen) atoms. The Hall–Kier alpha value is 0.400. The lowest BCUT2D eigenvalue weighted by Crippen LogP contribution is -2.41. The van der Waals surface area contributed by atoms with Gasteiger partial charge >= 0.3 is 0 Å². The number of halogens is 1. The van der Waals surface area contributed by atoms with Crippen molar-refractivity contribution in [3.8, 4) is 0 Å². The Morgan fingerprint density at radius 1 is 0.895 bits per heavy atom. The van der Waals surface area contributed by atoms with Crippen LogP contribution >= 0.6 is 17.0 Å². The van der Waals surface area contributed by atoms with Crippen LogP contribution in [0.3, 0.4) is 0 Å². The van der Waals surface area contributed by atoms with Gasteiger partial charge in [0.1, 0.15) is 0 Å². The molecule has 0 fully saturated rings. The monoisotopic (exact) mass is 337 g/mol. The molecule has 0 heterocycles. The normalized spacial score (nSPS) is 13.1. The summed E-state index contributed by atoms with van der Waals surface area (Å²) in [6, 6.07) is 0. The number of aliphatic hydroxyl groups excluding tert-OH is 1. The lowest BCUT2D eigenvalue weighted by Gasteiger charge is -2.30. The maximum atomic E-state index is 9.07. The summed E-state index contributed by atoms with van der Waals surface area (Å²) < 4.78 is 0. The van der Waals surface area contributed by atoms with Crippen LogP contribution in [0.5, 0.6) is 0 Å². The molecule has 0 aromatic rings. The van der Waals surface area contributed by atoms with E-state index in [-0.39, 0.29) is 29.1 Å². The van der Waals surface area contributed by atoms with Crippen LogP contribution in [-0.4, -0.2) is 17.3 Å². The van der Waals surface area contributed by atoms with E-state index in [9.17, 15) is 0 Å². The van der Waals surface area contributed by atoms with E-state index < -0.39 is 0 Å². The van der Waals surface area contributed by atoms with Crippen LogP contribution < -0.4 is 5.73 Å². The molecule has 0 aromatic carbocycles. The number of aliphatic hydroxyl groups is 1. The molecule has 3 N–H and O–H groups in total. The molecule has 0 aliphatic heterocycles. The average molecular weight is 338 g/mol. The van der Waals surface area contributed by atoms with Crippen LogP contribution in [-0.2, 0) is 0 Å². The average Bonchev–Trinajstić information content (AvgIpc) is 2.30.